The number of carbonyl (C=O) groups excluding carboxylic acids is 1. The van der Waals surface area contributed by atoms with Crippen molar-refractivity contribution in [3.8, 4) is 0 Å². The van der Waals surface area contributed by atoms with Crippen molar-refractivity contribution >= 4 is 47.5 Å². The Morgan fingerprint density at radius 2 is 1.79 bits per heavy atom. The molecule has 0 aromatic heterocycles. The van der Waals surface area contributed by atoms with Crippen molar-refractivity contribution in [1.29, 1.82) is 0 Å². The van der Waals surface area contributed by atoms with Crippen molar-refractivity contribution in [2.75, 3.05) is 0 Å². The first-order chi connectivity index (χ1) is 6.49. The molecule has 1 nitrogen and oxygen atoms in total. The number of hydrogen-bond acceptors (Lipinski definition) is 1. The van der Waals surface area contributed by atoms with Gasteiger partial charge in [-0.1, -0.05) is 0 Å². The average molecular weight is 373 g/mol. The molecule has 14 heavy (non-hydrogen) atoms. The second-order valence-electron chi connectivity index (χ2n) is 3.79. The third-order valence-corrected chi connectivity index (χ3v) is 7.33. The second kappa shape index (κ2) is 6.16. The van der Waals surface area contributed by atoms with Crippen LogP contribution in [0.5, 0.6) is 0 Å². The zero-order valence-corrected chi connectivity index (χ0v) is 12.6. The zero-order chi connectivity index (χ0) is 10.6. The predicted molar refractivity (Wildman–Crippen MR) is 64.3 cm³/mol. The van der Waals surface area contributed by atoms with Crippen LogP contribution in [0.2, 0.25) is 4.47 Å². The molecule has 1 saturated carbocycles. The van der Waals surface area contributed by atoms with Crippen LogP contribution in [0.3, 0.4) is 0 Å². The number of ketones is 1. The van der Waals surface area contributed by atoms with E-state index in [0.717, 1.165) is 19.3 Å². The van der Waals surface area contributed by atoms with Gasteiger partial charge in [-0.3, -0.25) is 0 Å². The van der Waals surface area contributed by atoms with Crippen molar-refractivity contribution in [1.82, 2.24) is 0 Å². The Morgan fingerprint density at radius 3 is 2.43 bits per heavy atom. The molecule has 0 heterocycles. The van der Waals surface area contributed by atoms with E-state index in [4.69, 9.17) is 26.9 Å². The Kier molecular flexibility index (Phi) is 5.89. The summed E-state index contributed by atoms with van der Waals surface area (Å²) in [6, 6.07) is 0. The fraction of sp³-hybridized carbons (Fsp3) is 0.889. The van der Waals surface area contributed by atoms with Crippen LogP contribution in [-0.2, 0) is 4.79 Å². The second-order valence-corrected chi connectivity index (χ2v) is 21.4. The van der Waals surface area contributed by atoms with E-state index >= 15 is 0 Å². The maximum atomic E-state index is 11.7. The number of hydrogen-bond donors (Lipinski definition) is 0. The summed E-state index contributed by atoms with van der Waals surface area (Å²) in [6.07, 6.45) is 6.14. The van der Waals surface area contributed by atoms with E-state index in [1.165, 1.54) is 12.8 Å². The topological polar surface area (TPSA) is 17.1 Å². The van der Waals surface area contributed by atoms with E-state index in [-0.39, 0.29) is 5.92 Å². The van der Waals surface area contributed by atoms with Gasteiger partial charge in [-0.25, -0.2) is 0 Å². The quantitative estimate of drug-likeness (QED) is 0.664. The fourth-order valence-electron chi connectivity index (χ4n) is 1.81. The summed E-state index contributed by atoms with van der Waals surface area (Å²) in [7, 11) is 17.7. The van der Waals surface area contributed by atoms with Gasteiger partial charge in [0.25, 0.3) is 0 Å². The maximum absolute atomic E-state index is 11.7. The summed E-state index contributed by atoms with van der Waals surface area (Å²) in [4.78, 5) is 11.7. The van der Waals surface area contributed by atoms with Gasteiger partial charge in [0.2, 0.25) is 0 Å². The van der Waals surface area contributed by atoms with E-state index in [0.29, 0.717) is 16.7 Å². The third kappa shape index (κ3) is 5.42. The van der Waals surface area contributed by atoms with E-state index in [2.05, 4.69) is 0 Å². The van der Waals surface area contributed by atoms with E-state index < -0.39 is 14.8 Å². The normalized spacial score (nSPS) is 26.8. The molecule has 1 aliphatic rings. The molecule has 1 fully saturated rings. The minimum atomic E-state index is -3.13. The summed E-state index contributed by atoms with van der Waals surface area (Å²) in [5.41, 5.74) is 0. The molecule has 1 aliphatic carbocycles. The van der Waals surface area contributed by atoms with Crippen LogP contribution >= 0.6 is 26.9 Å². The molecule has 0 bridgehead atoms. The van der Waals surface area contributed by atoms with Gasteiger partial charge in [0.1, 0.15) is 0 Å². The van der Waals surface area contributed by atoms with E-state index in [1.807, 2.05) is 0 Å². The van der Waals surface area contributed by atoms with Gasteiger partial charge in [0, 0.05) is 0 Å². The molecule has 5 heteroatoms. The first-order valence-electron chi connectivity index (χ1n) is 4.91. The average Bonchev–Trinajstić information content (AvgIpc) is 2.03. The SMILES string of the molecule is O=C1CCCCCCC1C[Te](Cl)(Cl)Cl. The summed E-state index contributed by atoms with van der Waals surface area (Å²) in [6.45, 7) is 0. The van der Waals surface area contributed by atoms with Crippen LogP contribution in [0, 0.1) is 5.92 Å². The Morgan fingerprint density at radius 1 is 1.14 bits per heavy atom. The first kappa shape index (κ1) is 13.4. The molecular weight excluding hydrogens is 358 g/mol. The van der Waals surface area contributed by atoms with E-state index in [1.54, 1.807) is 0 Å². The molecule has 1 unspecified atom stereocenters. The Balaban J connectivity index is 2.50. The van der Waals surface area contributed by atoms with Crippen LogP contribution in [0.1, 0.15) is 38.5 Å². The minimum absolute atomic E-state index is 0.0454. The summed E-state index contributed by atoms with van der Waals surface area (Å²) in [5, 5.41) is 0. The van der Waals surface area contributed by atoms with Crippen LogP contribution < -0.4 is 0 Å². The summed E-state index contributed by atoms with van der Waals surface area (Å²) >= 11 is -3.13. The van der Waals surface area contributed by atoms with Gasteiger partial charge in [-0.2, -0.15) is 0 Å². The van der Waals surface area contributed by atoms with Gasteiger partial charge < -0.3 is 0 Å². The molecule has 84 valence electrons. The van der Waals surface area contributed by atoms with Crippen molar-refractivity contribution in [2.45, 2.75) is 43.0 Å². The number of carbonyl (C=O) groups is 1. The van der Waals surface area contributed by atoms with Crippen molar-refractivity contribution in [3.63, 3.8) is 0 Å². The zero-order valence-electron chi connectivity index (χ0n) is 7.98. The van der Waals surface area contributed by atoms with Crippen molar-refractivity contribution < 1.29 is 4.79 Å². The third-order valence-electron chi connectivity index (χ3n) is 2.57. The Labute approximate surface area is 100 Å². The van der Waals surface area contributed by atoms with Crippen LogP contribution in [-0.4, -0.2) is 20.6 Å². The molecule has 1 atom stereocenters. The predicted octanol–water partition coefficient (Wildman–Crippen LogP) is 4.18. The molecule has 1 rings (SSSR count). The molecule has 0 amide bonds. The molecular formula is C9H15Cl3OTe. The monoisotopic (exact) mass is 374 g/mol. The molecule has 0 aromatic rings. The summed E-state index contributed by atoms with van der Waals surface area (Å²) < 4.78 is 0.562. The molecule has 0 aromatic carbocycles. The number of Topliss-reactive ketones (excluding diaryl/α,β-unsaturated/α-hetero) is 1. The standard InChI is InChI=1S/C9H15Cl3OTe/c10-14(11,12)7-8-5-3-1-2-4-6-9(8)13/h8H,1-7H2. The van der Waals surface area contributed by atoms with Gasteiger partial charge >= 0.3 is 101 Å². The number of rotatable bonds is 2. The molecule has 0 saturated heterocycles. The van der Waals surface area contributed by atoms with Gasteiger partial charge in [-0.05, 0) is 0 Å². The van der Waals surface area contributed by atoms with Crippen LogP contribution in [0.15, 0.2) is 0 Å². The molecule has 0 radical (unpaired) electrons. The van der Waals surface area contributed by atoms with Crippen molar-refractivity contribution in [3.05, 3.63) is 0 Å². The van der Waals surface area contributed by atoms with Crippen LogP contribution in [0.4, 0.5) is 0 Å². The molecule has 0 N–H and O–H groups in total. The summed E-state index contributed by atoms with van der Waals surface area (Å²) in [5.74, 6) is 0.367. The van der Waals surface area contributed by atoms with Crippen LogP contribution in [0.25, 0.3) is 0 Å². The Bertz CT molecular complexity index is 203. The van der Waals surface area contributed by atoms with Gasteiger partial charge in [0.05, 0.1) is 0 Å². The van der Waals surface area contributed by atoms with Gasteiger partial charge in [-0.15, -0.1) is 0 Å². The fourth-order valence-corrected chi connectivity index (χ4v) is 7.18. The molecule has 0 spiro atoms. The van der Waals surface area contributed by atoms with Crippen molar-refractivity contribution in [2.24, 2.45) is 5.92 Å². The molecule has 0 aliphatic heterocycles. The van der Waals surface area contributed by atoms with Gasteiger partial charge in [0.15, 0.2) is 0 Å². The van der Waals surface area contributed by atoms with E-state index in [9.17, 15) is 4.79 Å². The Hall–Kier alpha value is 1.33. The number of halogens is 3. The first-order valence-corrected chi connectivity index (χ1v) is 15.4.